The maximum Gasteiger partial charge on any atom is 0.328 e. The Morgan fingerprint density at radius 1 is 1.39 bits per heavy atom. The summed E-state index contributed by atoms with van der Waals surface area (Å²) >= 11 is 5.92. The highest BCUT2D eigenvalue weighted by Crippen LogP contribution is 2.23. The second kappa shape index (κ2) is 5.26. The molecule has 2 heterocycles. The molecule has 1 saturated heterocycles. The smallest absolute Gasteiger partial charge is 0.328 e. The molecule has 1 unspecified atom stereocenters. The van der Waals surface area contributed by atoms with Crippen LogP contribution in [0.4, 0.5) is 0 Å². The average Bonchev–Trinajstić information content (AvgIpc) is 2.64. The number of hydrogen-bond donors (Lipinski definition) is 1. The van der Waals surface area contributed by atoms with Gasteiger partial charge in [0.05, 0.1) is 6.20 Å². The molecule has 1 N–H and O–H groups in total. The number of imidazole rings is 1. The van der Waals surface area contributed by atoms with Gasteiger partial charge in [0.25, 0.3) is 0 Å². The van der Waals surface area contributed by atoms with Crippen molar-refractivity contribution in [1.29, 1.82) is 0 Å². The van der Waals surface area contributed by atoms with Gasteiger partial charge in [0.2, 0.25) is 0 Å². The summed E-state index contributed by atoms with van der Waals surface area (Å²) in [6, 6.07) is -0.726. The summed E-state index contributed by atoms with van der Waals surface area (Å²) in [4.78, 5) is 19.7. The predicted molar refractivity (Wildman–Crippen MR) is 67.7 cm³/mol. The van der Waals surface area contributed by atoms with E-state index < -0.39 is 12.0 Å². The van der Waals surface area contributed by atoms with Gasteiger partial charge in [-0.2, -0.15) is 0 Å². The highest BCUT2D eigenvalue weighted by atomic mass is 35.5. The van der Waals surface area contributed by atoms with Crippen LogP contribution in [0.25, 0.3) is 0 Å². The fourth-order valence-electron chi connectivity index (χ4n) is 2.17. The van der Waals surface area contributed by atoms with Gasteiger partial charge < -0.3 is 14.6 Å². The van der Waals surface area contributed by atoms with Crippen molar-refractivity contribution in [2.75, 3.05) is 33.2 Å². The molecule has 18 heavy (non-hydrogen) atoms. The number of carboxylic acid groups (broad SMARTS) is 1. The molecule has 0 radical (unpaired) electrons. The maximum atomic E-state index is 11.5. The molecule has 100 valence electrons. The molecule has 1 aromatic heterocycles. The molecule has 1 aliphatic rings. The third-order valence-electron chi connectivity index (χ3n) is 3.35. The lowest BCUT2D eigenvalue weighted by Crippen LogP contribution is -2.48. The van der Waals surface area contributed by atoms with E-state index in [2.05, 4.69) is 9.88 Å². The molecule has 0 spiro atoms. The Balaban J connectivity index is 2.24. The monoisotopic (exact) mass is 272 g/mol. The summed E-state index contributed by atoms with van der Waals surface area (Å²) in [7, 11) is 3.77. The van der Waals surface area contributed by atoms with E-state index in [1.54, 1.807) is 11.6 Å². The first kappa shape index (κ1) is 13.3. The molecule has 2 rings (SSSR count). The van der Waals surface area contributed by atoms with E-state index in [-0.39, 0.29) is 0 Å². The van der Waals surface area contributed by atoms with Crippen LogP contribution in [0, 0.1) is 0 Å². The van der Waals surface area contributed by atoms with Gasteiger partial charge >= 0.3 is 5.97 Å². The molecule has 6 nitrogen and oxygen atoms in total. The van der Waals surface area contributed by atoms with E-state index >= 15 is 0 Å². The number of hydrogen-bond acceptors (Lipinski definition) is 4. The minimum Gasteiger partial charge on any atom is -0.480 e. The Bertz CT molecular complexity index is 440. The first-order chi connectivity index (χ1) is 8.50. The largest absolute Gasteiger partial charge is 0.480 e. The van der Waals surface area contributed by atoms with Crippen LogP contribution in [0.15, 0.2) is 6.20 Å². The first-order valence-electron chi connectivity index (χ1n) is 5.83. The van der Waals surface area contributed by atoms with Crippen molar-refractivity contribution in [3.63, 3.8) is 0 Å². The van der Waals surface area contributed by atoms with Crippen LogP contribution in [0.2, 0.25) is 5.15 Å². The zero-order valence-electron chi connectivity index (χ0n) is 10.5. The number of rotatable bonds is 3. The molecule has 0 aromatic carbocycles. The van der Waals surface area contributed by atoms with Crippen molar-refractivity contribution >= 4 is 17.6 Å². The van der Waals surface area contributed by atoms with E-state index in [1.165, 1.54) is 6.20 Å². The minimum atomic E-state index is -0.884. The molecule has 1 aromatic rings. The lowest BCUT2D eigenvalue weighted by atomic mass is 10.2. The van der Waals surface area contributed by atoms with E-state index in [9.17, 15) is 9.90 Å². The summed E-state index contributed by atoms with van der Waals surface area (Å²) < 4.78 is 1.62. The van der Waals surface area contributed by atoms with Crippen molar-refractivity contribution in [3.8, 4) is 0 Å². The van der Waals surface area contributed by atoms with E-state index in [0.717, 1.165) is 26.2 Å². The van der Waals surface area contributed by atoms with Crippen LogP contribution < -0.4 is 0 Å². The topological polar surface area (TPSA) is 61.6 Å². The number of carboxylic acids is 1. The molecular formula is C11H17ClN4O2. The van der Waals surface area contributed by atoms with Crippen molar-refractivity contribution in [2.24, 2.45) is 7.05 Å². The molecule has 0 saturated carbocycles. The SMILES string of the molecule is CN1CCN(C(C(=O)O)c2ncc(Cl)n2C)CC1. The van der Waals surface area contributed by atoms with Gasteiger partial charge in [-0.3, -0.25) is 9.69 Å². The van der Waals surface area contributed by atoms with Gasteiger partial charge in [-0.05, 0) is 7.05 Å². The average molecular weight is 273 g/mol. The molecule has 7 heteroatoms. The quantitative estimate of drug-likeness (QED) is 0.866. The lowest BCUT2D eigenvalue weighted by molar-refractivity contribution is -0.144. The zero-order chi connectivity index (χ0) is 13.3. The normalized spacial score (nSPS) is 19.9. The fourth-order valence-corrected chi connectivity index (χ4v) is 2.30. The molecule has 0 aliphatic carbocycles. The van der Waals surface area contributed by atoms with Crippen molar-refractivity contribution in [1.82, 2.24) is 19.4 Å². The Labute approximate surface area is 111 Å². The van der Waals surface area contributed by atoms with Gasteiger partial charge in [0.15, 0.2) is 6.04 Å². The number of likely N-dealkylation sites (N-methyl/N-ethyl adjacent to an activating group) is 1. The molecule has 1 aliphatic heterocycles. The highest BCUT2D eigenvalue weighted by Gasteiger charge is 2.32. The Kier molecular flexibility index (Phi) is 3.89. The van der Waals surface area contributed by atoms with Crippen molar-refractivity contribution in [3.05, 3.63) is 17.2 Å². The van der Waals surface area contributed by atoms with Crippen LogP contribution in [0.3, 0.4) is 0 Å². The van der Waals surface area contributed by atoms with Crippen LogP contribution in [0.5, 0.6) is 0 Å². The summed E-state index contributed by atoms with van der Waals surface area (Å²) in [6.07, 6.45) is 1.49. The van der Waals surface area contributed by atoms with Crippen LogP contribution >= 0.6 is 11.6 Å². The van der Waals surface area contributed by atoms with E-state index in [4.69, 9.17) is 11.6 Å². The first-order valence-corrected chi connectivity index (χ1v) is 6.21. The summed E-state index contributed by atoms with van der Waals surface area (Å²) in [5.41, 5.74) is 0. The number of piperazine rings is 1. The van der Waals surface area contributed by atoms with Gasteiger partial charge in [-0.25, -0.2) is 4.98 Å². The van der Waals surface area contributed by atoms with Gasteiger partial charge in [-0.1, -0.05) is 11.6 Å². The standard InChI is InChI=1S/C11H17ClN4O2/c1-14-3-5-16(6-4-14)9(11(17)18)10-13-7-8(12)15(10)2/h7,9H,3-6H2,1-2H3,(H,17,18). The number of aromatic nitrogens is 2. The lowest BCUT2D eigenvalue weighted by Gasteiger charge is -2.35. The van der Waals surface area contributed by atoms with Crippen molar-refractivity contribution in [2.45, 2.75) is 6.04 Å². The minimum absolute atomic E-state index is 0.449. The summed E-state index contributed by atoms with van der Waals surface area (Å²) in [6.45, 7) is 3.17. The molecule has 0 bridgehead atoms. The van der Waals surface area contributed by atoms with Crippen LogP contribution in [0.1, 0.15) is 11.9 Å². The second-order valence-corrected chi connectivity index (χ2v) is 4.97. The molecular weight excluding hydrogens is 256 g/mol. The van der Waals surface area contributed by atoms with E-state index in [0.29, 0.717) is 11.0 Å². The number of aliphatic carboxylic acids is 1. The molecule has 0 amide bonds. The van der Waals surface area contributed by atoms with Crippen molar-refractivity contribution < 1.29 is 9.90 Å². The van der Waals surface area contributed by atoms with Gasteiger partial charge in [0.1, 0.15) is 11.0 Å². The van der Waals surface area contributed by atoms with Crippen LogP contribution in [-0.4, -0.2) is 63.7 Å². The maximum absolute atomic E-state index is 11.5. The fraction of sp³-hybridized carbons (Fsp3) is 0.636. The highest BCUT2D eigenvalue weighted by molar-refractivity contribution is 6.29. The van der Waals surface area contributed by atoms with Gasteiger partial charge in [0, 0.05) is 33.2 Å². The predicted octanol–water partition coefficient (Wildman–Crippen LogP) is 0.447. The summed E-state index contributed by atoms with van der Waals surface area (Å²) in [5.74, 6) is -0.401. The third kappa shape index (κ3) is 2.50. The Morgan fingerprint density at radius 3 is 2.44 bits per heavy atom. The van der Waals surface area contributed by atoms with Crippen LogP contribution in [-0.2, 0) is 11.8 Å². The van der Waals surface area contributed by atoms with Gasteiger partial charge in [-0.15, -0.1) is 0 Å². The second-order valence-electron chi connectivity index (χ2n) is 4.58. The number of nitrogens with zero attached hydrogens (tertiary/aromatic N) is 4. The molecule has 1 atom stereocenters. The zero-order valence-corrected chi connectivity index (χ0v) is 11.3. The molecule has 1 fully saturated rings. The van der Waals surface area contributed by atoms with E-state index in [1.807, 2.05) is 11.9 Å². The third-order valence-corrected chi connectivity index (χ3v) is 3.70. The Hall–Kier alpha value is -1.11. The summed E-state index contributed by atoms with van der Waals surface area (Å²) in [5, 5.41) is 9.88. The number of halogens is 1. The number of carbonyl (C=O) groups is 1. The Morgan fingerprint density at radius 2 is 2.00 bits per heavy atom.